The molecule has 2 N–H and O–H groups in total. The standard InChI is InChI=1S/C27H43N3O4/c1-33-25-7-5-22(6-8-25)16-23-18-30-15-11-26(34-20-27(31)32)17-24(30)19-29(23)14-3-2-4-21-9-12-28-13-10-21/h5-8,21,23-24,26,28H,2-4,9-20H2,1H3,(H,31,32)/t23-,24+,26-/m0/s1. The highest BCUT2D eigenvalue weighted by Crippen LogP contribution is 2.28. The Morgan fingerprint density at radius 1 is 1.12 bits per heavy atom. The molecule has 3 heterocycles. The van der Waals surface area contributed by atoms with Crippen LogP contribution in [-0.4, -0.2) is 92.0 Å². The summed E-state index contributed by atoms with van der Waals surface area (Å²) >= 11 is 0. The number of nitrogens with zero attached hydrogens (tertiary/aromatic N) is 2. The Balaban J connectivity index is 1.34. The van der Waals surface area contributed by atoms with Crippen LogP contribution >= 0.6 is 0 Å². The molecule has 4 rings (SSSR count). The van der Waals surface area contributed by atoms with E-state index in [9.17, 15) is 4.79 Å². The molecule has 0 aromatic heterocycles. The maximum Gasteiger partial charge on any atom is 0.329 e. The van der Waals surface area contributed by atoms with Gasteiger partial charge >= 0.3 is 5.97 Å². The molecule has 190 valence electrons. The molecule has 1 aromatic rings. The fraction of sp³-hybridized carbons (Fsp3) is 0.741. The van der Waals surface area contributed by atoms with Gasteiger partial charge in [-0.25, -0.2) is 4.79 Å². The summed E-state index contributed by atoms with van der Waals surface area (Å²) in [6.45, 7) is 6.47. The number of methoxy groups -OCH3 is 1. The van der Waals surface area contributed by atoms with E-state index in [-0.39, 0.29) is 12.7 Å². The number of piperidine rings is 2. The summed E-state index contributed by atoms with van der Waals surface area (Å²) in [4.78, 5) is 16.3. The highest BCUT2D eigenvalue weighted by molar-refractivity contribution is 5.68. The maximum absolute atomic E-state index is 10.9. The van der Waals surface area contributed by atoms with Crippen LogP contribution in [0.3, 0.4) is 0 Å². The first-order chi connectivity index (χ1) is 16.6. The molecule has 0 saturated carbocycles. The van der Waals surface area contributed by atoms with Crippen LogP contribution in [0.15, 0.2) is 24.3 Å². The van der Waals surface area contributed by atoms with Gasteiger partial charge in [0, 0.05) is 31.7 Å². The summed E-state index contributed by atoms with van der Waals surface area (Å²) in [5.41, 5.74) is 1.36. The van der Waals surface area contributed by atoms with Gasteiger partial charge < -0.3 is 19.9 Å². The fourth-order valence-electron chi connectivity index (χ4n) is 6.06. The lowest BCUT2D eigenvalue weighted by molar-refractivity contribution is -0.146. The van der Waals surface area contributed by atoms with Crippen LogP contribution in [0.4, 0.5) is 0 Å². The van der Waals surface area contributed by atoms with Gasteiger partial charge in [-0.1, -0.05) is 25.0 Å². The lowest BCUT2D eigenvalue weighted by atomic mass is 9.91. The largest absolute Gasteiger partial charge is 0.497 e. The van der Waals surface area contributed by atoms with Gasteiger partial charge in [0.15, 0.2) is 0 Å². The van der Waals surface area contributed by atoms with Crippen molar-refractivity contribution >= 4 is 5.97 Å². The van der Waals surface area contributed by atoms with Gasteiger partial charge in [0.25, 0.3) is 0 Å². The van der Waals surface area contributed by atoms with E-state index in [1.54, 1.807) is 7.11 Å². The van der Waals surface area contributed by atoms with E-state index in [1.165, 1.54) is 50.8 Å². The van der Waals surface area contributed by atoms with Crippen LogP contribution in [0.5, 0.6) is 5.75 Å². The number of unbranched alkanes of at least 4 members (excludes halogenated alkanes) is 1. The Kier molecular flexibility index (Phi) is 9.62. The normalized spacial score (nSPS) is 26.8. The summed E-state index contributed by atoms with van der Waals surface area (Å²) in [7, 11) is 1.71. The zero-order valence-corrected chi connectivity index (χ0v) is 20.8. The van der Waals surface area contributed by atoms with Gasteiger partial charge in [0.05, 0.1) is 13.2 Å². The van der Waals surface area contributed by atoms with Crippen molar-refractivity contribution in [3.63, 3.8) is 0 Å². The third kappa shape index (κ3) is 7.41. The van der Waals surface area contributed by atoms with Crippen LogP contribution in [0, 0.1) is 5.92 Å². The Morgan fingerprint density at radius 2 is 1.91 bits per heavy atom. The number of aliphatic carboxylic acids is 1. The minimum Gasteiger partial charge on any atom is -0.497 e. The van der Waals surface area contributed by atoms with Crippen molar-refractivity contribution in [1.29, 1.82) is 0 Å². The van der Waals surface area contributed by atoms with Crippen LogP contribution < -0.4 is 10.1 Å². The van der Waals surface area contributed by atoms with E-state index < -0.39 is 5.97 Å². The Bertz CT molecular complexity index is 753. The van der Waals surface area contributed by atoms with E-state index in [1.807, 2.05) is 0 Å². The van der Waals surface area contributed by atoms with Gasteiger partial charge in [0.1, 0.15) is 12.4 Å². The molecule has 0 bridgehead atoms. The number of rotatable bonds is 11. The third-order valence-corrected chi connectivity index (χ3v) is 8.04. The van der Waals surface area contributed by atoms with Gasteiger partial charge in [-0.05, 0) is 81.8 Å². The monoisotopic (exact) mass is 473 g/mol. The molecular formula is C27H43N3O4. The summed E-state index contributed by atoms with van der Waals surface area (Å²) in [5, 5.41) is 12.5. The molecule has 3 aliphatic heterocycles. The summed E-state index contributed by atoms with van der Waals surface area (Å²) in [5.74, 6) is 0.936. The van der Waals surface area contributed by atoms with Gasteiger partial charge in [-0.15, -0.1) is 0 Å². The minimum atomic E-state index is -0.874. The van der Waals surface area contributed by atoms with Crippen molar-refractivity contribution in [3.05, 3.63) is 29.8 Å². The van der Waals surface area contributed by atoms with Crippen molar-refractivity contribution in [2.75, 3.05) is 53.0 Å². The van der Waals surface area contributed by atoms with Crippen LogP contribution in [0.25, 0.3) is 0 Å². The Hall–Kier alpha value is -1.67. The second-order valence-corrected chi connectivity index (χ2v) is 10.4. The SMILES string of the molecule is COc1ccc(C[C@H]2CN3CC[C@H](OCC(=O)O)C[C@@H]3CN2CCCCC2CCNCC2)cc1. The molecule has 3 fully saturated rings. The lowest BCUT2D eigenvalue weighted by Gasteiger charge is -2.50. The molecule has 3 saturated heterocycles. The molecule has 34 heavy (non-hydrogen) atoms. The van der Waals surface area contributed by atoms with E-state index in [4.69, 9.17) is 14.6 Å². The van der Waals surface area contributed by atoms with E-state index in [0.717, 1.165) is 57.1 Å². The number of hydrogen-bond donors (Lipinski definition) is 2. The average molecular weight is 474 g/mol. The number of fused-ring (bicyclic) bond motifs is 1. The first-order valence-corrected chi connectivity index (χ1v) is 13.3. The van der Waals surface area contributed by atoms with Crippen molar-refractivity contribution in [2.24, 2.45) is 5.92 Å². The molecule has 0 spiro atoms. The van der Waals surface area contributed by atoms with E-state index in [0.29, 0.717) is 12.1 Å². The van der Waals surface area contributed by atoms with Crippen molar-refractivity contribution in [3.8, 4) is 5.75 Å². The van der Waals surface area contributed by atoms with Crippen LogP contribution in [-0.2, 0) is 16.0 Å². The fourth-order valence-corrected chi connectivity index (χ4v) is 6.06. The number of carboxylic acids is 1. The van der Waals surface area contributed by atoms with Crippen molar-refractivity contribution < 1.29 is 19.4 Å². The first kappa shape index (κ1) is 25.4. The molecular weight excluding hydrogens is 430 g/mol. The van der Waals surface area contributed by atoms with Crippen LogP contribution in [0.1, 0.15) is 50.5 Å². The molecule has 1 aromatic carbocycles. The average Bonchev–Trinajstić information content (AvgIpc) is 2.86. The number of nitrogens with one attached hydrogen (secondary N) is 1. The Labute approximate surface area is 204 Å². The number of ether oxygens (including phenoxy) is 2. The molecule has 7 nitrogen and oxygen atoms in total. The van der Waals surface area contributed by atoms with Gasteiger partial charge in [-0.2, -0.15) is 0 Å². The predicted octanol–water partition coefficient (Wildman–Crippen LogP) is 3.03. The molecule has 0 aliphatic carbocycles. The molecule has 0 amide bonds. The number of hydrogen-bond acceptors (Lipinski definition) is 6. The summed E-state index contributed by atoms with van der Waals surface area (Å²) < 4.78 is 11.0. The molecule has 7 heteroatoms. The maximum atomic E-state index is 10.9. The summed E-state index contributed by atoms with van der Waals surface area (Å²) in [6, 6.07) is 9.51. The third-order valence-electron chi connectivity index (χ3n) is 8.04. The second-order valence-electron chi connectivity index (χ2n) is 10.4. The highest BCUT2D eigenvalue weighted by Gasteiger charge is 2.37. The molecule has 0 radical (unpaired) electrons. The Morgan fingerprint density at radius 3 is 2.65 bits per heavy atom. The smallest absolute Gasteiger partial charge is 0.329 e. The molecule has 0 unspecified atom stereocenters. The van der Waals surface area contributed by atoms with Crippen molar-refractivity contribution in [1.82, 2.24) is 15.1 Å². The highest BCUT2D eigenvalue weighted by atomic mass is 16.5. The summed E-state index contributed by atoms with van der Waals surface area (Å²) in [6.07, 6.45) is 9.58. The van der Waals surface area contributed by atoms with Gasteiger partial charge in [0.2, 0.25) is 0 Å². The van der Waals surface area contributed by atoms with E-state index in [2.05, 4.69) is 39.4 Å². The van der Waals surface area contributed by atoms with Crippen molar-refractivity contribution in [2.45, 2.75) is 69.6 Å². The lowest BCUT2D eigenvalue weighted by Crippen LogP contribution is -2.61. The molecule has 3 aliphatic rings. The molecule has 3 atom stereocenters. The van der Waals surface area contributed by atoms with E-state index >= 15 is 0 Å². The predicted molar refractivity (Wildman–Crippen MR) is 133 cm³/mol. The zero-order valence-electron chi connectivity index (χ0n) is 20.8. The topological polar surface area (TPSA) is 74.3 Å². The minimum absolute atomic E-state index is 0.0669. The number of carboxylic acid groups (broad SMARTS) is 1. The van der Waals surface area contributed by atoms with Crippen LogP contribution in [0.2, 0.25) is 0 Å². The van der Waals surface area contributed by atoms with Gasteiger partial charge in [-0.3, -0.25) is 9.80 Å². The number of benzene rings is 1. The zero-order chi connectivity index (χ0) is 23.8. The first-order valence-electron chi connectivity index (χ1n) is 13.3. The quantitative estimate of drug-likeness (QED) is 0.479. The second kappa shape index (κ2) is 12.9. The number of carbonyl (C=O) groups is 1. The number of piperazine rings is 1.